The minimum Gasteiger partial charge on any atom is -0.293 e. The summed E-state index contributed by atoms with van der Waals surface area (Å²) in [6, 6.07) is 15.5. The lowest BCUT2D eigenvalue weighted by Crippen LogP contribution is -2.13. The van der Waals surface area contributed by atoms with E-state index in [2.05, 4.69) is 31.2 Å². The summed E-state index contributed by atoms with van der Waals surface area (Å²) in [4.78, 5) is 12.3. The Morgan fingerprint density at radius 3 is 2.55 bits per heavy atom. The van der Waals surface area contributed by atoms with Crippen LogP contribution in [0.25, 0.3) is 0 Å². The van der Waals surface area contributed by atoms with Crippen LogP contribution >= 0.6 is 23.4 Å². The quantitative estimate of drug-likeness (QED) is 0.710. The molecule has 2 rings (SSSR count). The molecule has 0 aliphatic heterocycles. The average molecular weight is 305 g/mol. The Bertz CT molecular complexity index is 592. The SMILES string of the molecule is Cc1cccc(CSC(C)C(=O)c2ccc(Cl)cc2)c1. The lowest BCUT2D eigenvalue weighted by atomic mass is 10.1. The molecule has 0 bridgehead atoms. The Hall–Kier alpha value is -1.25. The molecule has 0 saturated carbocycles. The zero-order chi connectivity index (χ0) is 14.5. The van der Waals surface area contributed by atoms with Crippen molar-refractivity contribution in [2.75, 3.05) is 0 Å². The van der Waals surface area contributed by atoms with Gasteiger partial charge in [0.05, 0.1) is 5.25 Å². The number of Topliss-reactive ketones (excluding diaryl/α,β-unsaturated/α-hetero) is 1. The molecule has 0 aromatic heterocycles. The summed E-state index contributed by atoms with van der Waals surface area (Å²) in [6.45, 7) is 4.04. The van der Waals surface area contributed by atoms with E-state index in [1.54, 1.807) is 36.0 Å². The second-order valence-corrected chi connectivity index (χ2v) is 6.58. The zero-order valence-corrected chi connectivity index (χ0v) is 13.2. The molecule has 1 nitrogen and oxygen atoms in total. The molecule has 3 heteroatoms. The predicted molar refractivity (Wildman–Crippen MR) is 87.7 cm³/mol. The molecule has 104 valence electrons. The molecule has 2 aromatic rings. The highest BCUT2D eigenvalue weighted by Crippen LogP contribution is 2.22. The summed E-state index contributed by atoms with van der Waals surface area (Å²) in [5.74, 6) is 1.00. The van der Waals surface area contributed by atoms with Gasteiger partial charge in [-0.3, -0.25) is 4.79 Å². The second kappa shape index (κ2) is 6.96. The van der Waals surface area contributed by atoms with Gasteiger partial charge in [-0.05, 0) is 43.7 Å². The Kier molecular flexibility index (Phi) is 5.27. The van der Waals surface area contributed by atoms with Crippen LogP contribution in [-0.2, 0) is 5.75 Å². The van der Waals surface area contributed by atoms with Crippen LogP contribution in [0.3, 0.4) is 0 Å². The molecule has 0 amide bonds. The van der Waals surface area contributed by atoms with Gasteiger partial charge >= 0.3 is 0 Å². The standard InChI is InChI=1S/C17H17ClOS/c1-12-4-3-5-14(10-12)11-20-13(2)17(19)15-6-8-16(18)9-7-15/h3-10,13H,11H2,1-2H3. The molecule has 0 N–H and O–H groups in total. The first-order chi connectivity index (χ1) is 9.56. The molecule has 0 spiro atoms. The van der Waals surface area contributed by atoms with Crippen LogP contribution in [0.5, 0.6) is 0 Å². The van der Waals surface area contributed by atoms with Gasteiger partial charge < -0.3 is 0 Å². The van der Waals surface area contributed by atoms with Crippen LogP contribution in [-0.4, -0.2) is 11.0 Å². The number of halogens is 1. The summed E-state index contributed by atoms with van der Waals surface area (Å²) in [5, 5.41) is 0.596. The normalized spacial score (nSPS) is 12.2. The van der Waals surface area contributed by atoms with Crippen LogP contribution in [0.15, 0.2) is 48.5 Å². The van der Waals surface area contributed by atoms with Gasteiger partial charge in [0.1, 0.15) is 0 Å². The minimum atomic E-state index is -0.0586. The van der Waals surface area contributed by atoms with E-state index in [9.17, 15) is 4.79 Å². The van der Waals surface area contributed by atoms with Gasteiger partial charge in [0.15, 0.2) is 5.78 Å². The molecule has 0 aliphatic carbocycles. The first kappa shape index (κ1) is 15.1. The predicted octanol–water partition coefficient (Wildman–Crippen LogP) is 5.15. The number of aryl methyl sites for hydroxylation is 1. The molecule has 0 aliphatic rings. The topological polar surface area (TPSA) is 17.1 Å². The molecular weight excluding hydrogens is 288 g/mol. The van der Waals surface area contributed by atoms with Gasteiger partial charge in [-0.1, -0.05) is 41.4 Å². The van der Waals surface area contributed by atoms with E-state index in [1.807, 2.05) is 6.92 Å². The van der Waals surface area contributed by atoms with Crippen molar-refractivity contribution in [3.05, 3.63) is 70.2 Å². The fourth-order valence-corrected chi connectivity index (χ4v) is 2.98. The van der Waals surface area contributed by atoms with E-state index in [4.69, 9.17) is 11.6 Å². The molecule has 20 heavy (non-hydrogen) atoms. The number of rotatable bonds is 5. The van der Waals surface area contributed by atoms with Crippen molar-refractivity contribution in [1.29, 1.82) is 0 Å². The Morgan fingerprint density at radius 1 is 1.20 bits per heavy atom. The Balaban J connectivity index is 1.96. The average Bonchev–Trinajstić information content (AvgIpc) is 2.45. The van der Waals surface area contributed by atoms with Gasteiger partial charge in [-0.15, -0.1) is 11.8 Å². The smallest absolute Gasteiger partial charge is 0.175 e. The summed E-state index contributed by atoms with van der Waals surface area (Å²) in [7, 11) is 0. The third kappa shape index (κ3) is 4.12. The van der Waals surface area contributed by atoms with E-state index >= 15 is 0 Å². The highest BCUT2D eigenvalue weighted by molar-refractivity contribution is 7.99. The van der Waals surface area contributed by atoms with Crippen LogP contribution < -0.4 is 0 Å². The van der Waals surface area contributed by atoms with Crippen molar-refractivity contribution < 1.29 is 4.79 Å². The highest BCUT2D eigenvalue weighted by atomic mass is 35.5. The van der Waals surface area contributed by atoms with Gasteiger partial charge in [-0.25, -0.2) is 0 Å². The molecule has 2 aromatic carbocycles. The van der Waals surface area contributed by atoms with E-state index in [1.165, 1.54) is 11.1 Å². The largest absolute Gasteiger partial charge is 0.293 e. The van der Waals surface area contributed by atoms with Crippen molar-refractivity contribution in [2.24, 2.45) is 0 Å². The third-order valence-electron chi connectivity index (χ3n) is 3.08. The first-order valence-electron chi connectivity index (χ1n) is 6.53. The van der Waals surface area contributed by atoms with E-state index in [0.717, 1.165) is 11.3 Å². The second-order valence-electron chi connectivity index (χ2n) is 4.81. The molecule has 0 saturated heterocycles. The van der Waals surface area contributed by atoms with Crippen molar-refractivity contribution in [3.63, 3.8) is 0 Å². The van der Waals surface area contributed by atoms with Gasteiger partial charge in [-0.2, -0.15) is 0 Å². The van der Waals surface area contributed by atoms with Crippen LogP contribution in [0.2, 0.25) is 5.02 Å². The Labute approximate surface area is 129 Å². The van der Waals surface area contributed by atoms with E-state index in [-0.39, 0.29) is 11.0 Å². The molecule has 1 unspecified atom stereocenters. The monoisotopic (exact) mass is 304 g/mol. The van der Waals surface area contributed by atoms with E-state index in [0.29, 0.717) is 5.02 Å². The lowest BCUT2D eigenvalue weighted by Gasteiger charge is -2.11. The number of thioether (sulfide) groups is 1. The number of ketones is 1. The number of benzene rings is 2. The number of carbonyl (C=O) groups excluding carboxylic acids is 1. The highest BCUT2D eigenvalue weighted by Gasteiger charge is 2.15. The van der Waals surface area contributed by atoms with Gasteiger partial charge in [0.2, 0.25) is 0 Å². The summed E-state index contributed by atoms with van der Waals surface area (Å²) < 4.78 is 0. The fourth-order valence-electron chi connectivity index (χ4n) is 1.95. The van der Waals surface area contributed by atoms with Gasteiger partial charge in [0, 0.05) is 16.3 Å². The molecular formula is C17H17ClOS. The number of carbonyl (C=O) groups is 1. The van der Waals surface area contributed by atoms with Crippen molar-refractivity contribution in [1.82, 2.24) is 0 Å². The summed E-state index contributed by atoms with van der Waals surface area (Å²) in [5.41, 5.74) is 3.23. The maximum atomic E-state index is 12.3. The Morgan fingerprint density at radius 2 is 1.90 bits per heavy atom. The number of hydrogen-bond donors (Lipinski definition) is 0. The summed E-state index contributed by atoms with van der Waals surface area (Å²) >= 11 is 7.50. The summed E-state index contributed by atoms with van der Waals surface area (Å²) in [6.07, 6.45) is 0. The van der Waals surface area contributed by atoms with Crippen molar-refractivity contribution in [2.45, 2.75) is 24.9 Å². The third-order valence-corrected chi connectivity index (χ3v) is 4.55. The number of hydrogen-bond acceptors (Lipinski definition) is 2. The molecule has 0 fully saturated rings. The first-order valence-corrected chi connectivity index (χ1v) is 7.96. The van der Waals surface area contributed by atoms with Crippen LogP contribution in [0.1, 0.15) is 28.4 Å². The zero-order valence-electron chi connectivity index (χ0n) is 11.6. The minimum absolute atomic E-state index is 0.0586. The molecule has 0 radical (unpaired) electrons. The molecule has 0 heterocycles. The maximum absolute atomic E-state index is 12.3. The molecule has 1 atom stereocenters. The van der Waals surface area contributed by atoms with Gasteiger partial charge in [0.25, 0.3) is 0 Å². The van der Waals surface area contributed by atoms with Crippen molar-refractivity contribution in [3.8, 4) is 0 Å². The maximum Gasteiger partial charge on any atom is 0.175 e. The van der Waals surface area contributed by atoms with Crippen LogP contribution in [0, 0.1) is 6.92 Å². The van der Waals surface area contributed by atoms with E-state index < -0.39 is 0 Å². The van der Waals surface area contributed by atoms with Crippen LogP contribution in [0.4, 0.5) is 0 Å². The van der Waals surface area contributed by atoms with Crippen molar-refractivity contribution >= 4 is 29.1 Å². The lowest BCUT2D eigenvalue weighted by molar-refractivity contribution is 0.0994. The fraction of sp³-hybridized carbons (Fsp3) is 0.235.